The highest BCUT2D eigenvalue weighted by atomic mass is 32.1. The molecule has 0 saturated heterocycles. The van der Waals surface area contributed by atoms with Crippen molar-refractivity contribution < 1.29 is 28.1 Å². The number of aliphatic hydroxyl groups is 2. The Hall–Kier alpha value is -2.42. The normalized spacial score (nSPS) is 13.4. The molecular formula is C26H30F3NO3S. The lowest BCUT2D eigenvalue weighted by atomic mass is 10.0. The molecule has 34 heavy (non-hydrogen) atoms. The summed E-state index contributed by atoms with van der Waals surface area (Å²) in [6.07, 6.45) is -3.97. The van der Waals surface area contributed by atoms with Gasteiger partial charge in [0.15, 0.2) is 0 Å². The van der Waals surface area contributed by atoms with E-state index in [2.05, 4.69) is 0 Å². The first-order valence-electron chi connectivity index (χ1n) is 11.1. The maximum Gasteiger partial charge on any atom is 0.416 e. The third kappa shape index (κ3) is 6.58. The van der Waals surface area contributed by atoms with E-state index in [1.165, 1.54) is 23.5 Å². The lowest BCUT2D eigenvalue weighted by Crippen LogP contribution is -2.32. The average molecular weight is 494 g/mol. The van der Waals surface area contributed by atoms with Gasteiger partial charge in [-0.2, -0.15) is 13.2 Å². The first-order valence-corrected chi connectivity index (χ1v) is 12.0. The molecule has 0 saturated carbocycles. The van der Waals surface area contributed by atoms with Crippen molar-refractivity contribution in [3.63, 3.8) is 0 Å². The van der Waals surface area contributed by atoms with Gasteiger partial charge in [-0.3, -0.25) is 0 Å². The second-order valence-electron chi connectivity index (χ2n) is 9.20. The van der Waals surface area contributed by atoms with Gasteiger partial charge in [0, 0.05) is 10.4 Å². The van der Waals surface area contributed by atoms with Crippen LogP contribution in [-0.2, 0) is 12.6 Å². The van der Waals surface area contributed by atoms with Crippen molar-refractivity contribution in [1.29, 1.82) is 0 Å². The van der Waals surface area contributed by atoms with Gasteiger partial charge < -0.3 is 14.9 Å². The zero-order valence-corrected chi connectivity index (χ0v) is 20.5. The highest BCUT2D eigenvalue weighted by Crippen LogP contribution is 2.36. The molecule has 8 heteroatoms. The summed E-state index contributed by atoms with van der Waals surface area (Å²) in [5, 5.41) is 20.7. The highest BCUT2D eigenvalue weighted by Gasteiger charge is 2.30. The Morgan fingerprint density at radius 3 is 2.15 bits per heavy atom. The summed E-state index contributed by atoms with van der Waals surface area (Å²) in [5.41, 5.74) is 0.934. The number of hydrogen-bond acceptors (Lipinski definition) is 5. The molecule has 1 unspecified atom stereocenters. The molecule has 1 atom stereocenters. The number of alkyl halides is 3. The fraction of sp³-hybridized carbons (Fsp3) is 0.423. The molecule has 0 fully saturated rings. The molecule has 3 rings (SSSR count). The van der Waals surface area contributed by atoms with Crippen LogP contribution in [0.15, 0.2) is 48.5 Å². The Labute approximate surface area is 202 Å². The SMILES string of the molecule is CC(C)c1nc(-c2ccc(C(F)(F)F)cc2)sc1CCC(O)c1ccc(OC(C)(C)CO)cc1. The van der Waals surface area contributed by atoms with Gasteiger partial charge in [-0.1, -0.05) is 38.1 Å². The van der Waals surface area contributed by atoms with Gasteiger partial charge in [0.1, 0.15) is 16.4 Å². The van der Waals surface area contributed by atoms with Gasteiger partial charge in [-0.25, -0.2) is 4.98 Å². The van der Waals surface area contributed by atoms with Gasteiger partial charge in [0.05, 0.1) is 24.0 Å². The van der Waals surface area contributed by atoms with Gasteiger partial charge in [-0.05, 0) is 62.4 Å². The molecule has 1 heterocycles. The Morgan fingerprint density at radius 1 is 1.00 bits per heavy atom. The minimum absolute atomic E-state index is 0.112. The average Bonchev–Trinajstić information content (AvgIpc) is 3.22. The number of thiazole rings is 1. The van der Waals surface area contributed by atoms with Crippen LogP contribution >= 0.6 is 11.3 Å². The smallest absolute Gasteiger partial charge is 0.416 e. The van der Waals surface area contributed by atoms with Crippen molar-refractivity contribution in [2.45, 2.75) is 64.3 Å². The van der Waals surface area contributed by atoms with Crippen LogP contribution in [0.4, 0.5) is 13.2 Å². The van der Waals surface area contributed by atoms with Crippen LogP contribution in [-0.4, -0.2) is 27.4 Å². The second kappa shape index (κ2) is 10.5. The predicted molar refractivity (Wildman–Crippen MR) is 128 cm³/mol. The van der Waals surface area contributed by atoms with E-state index in [9.17, 15) is 23.4 Å². The molecule has 2 N–H and O–H groups in total. The highest BCUT2D eigenvalue weighted by molar-refractivity contribution is 7.15. The molecule has 1 aromatic heterocycles. The second-order valence-corrected chi connectivity index (χ2v) is 10.3. The number of benzene rings is 2. The fourth-order valence-corrected chi connectivity index (χ4v) is 4.70. The molecule has 184 valence electrons. The maximum atomic E-state index is 12.9. The summed E-state index contributed by atoms with van der Waals surface area (Å²) in [5.74, 6) is 0.763. The maximum absolute atomic E-state index is 12.9. The standard InChI is InChI=1S/C26H30F3NO3S/c1-16(2)23-22(34-24(30-23)18-5-9-19(10-6-18)26(27,28)29)14-13-21(32)17-7-11-20(12-8-17)33-25(3,4)15-31/h5-12,16,21,31-32H,13-15H2,1-4H3. The Balaban J connectivity index is 1.71. The van der Waals surface area contributed by atoms with Crippen LogP contribution < -0.4 is 4.74 Å². The molecule has 0 radical (unpaired) electrons. The summed E-state index contributed by atoms with van der Waals surface area (Å²) in [4.78, 5) is 5.72. The van der Waals surface area contributed by atoms with E-state index < -0.39 is 23.4 Å². The minimum atomic E-state index is -4.37. The Morgan fingerprint density at radius 2 is 1.62 bits per heavy atom. The van der Waals surface area contributed by atoms with Gasteiger partial charge in [0.2, 0.25) is 0 Å². The largest absolute Gasteiger partial charge is 0.485 e. The summed E-state index contributed by atoms with van der Waals surface area (Å²) < 4.78 is 44.3. The van der Waals surface area contributed by atoms with Crippen LogP contribution in [0.25, 0.3) is 10.6 Å². The van der Waals surface area contributed by atoms with Crippen molar-refractivity contribution in [3.8, 4) is 16.3 Å². The first-order chi connectivity index (χ1) is 15.9. The number of hydrogen-bond donors (Lipinski definition) is 2. The third-order valence-corrected chi connectivity index (χ3v) is 6.60. The molecule has 0 amide bonds. The molecule has 0 aliphatic heterocycles. The minimum Gasteiger partial charge on any atom is -0.485 e. The molecule has 3 aromatic rings. The topological polar surface area (TPSA) is 62.6 Å². The number of aryl methyl sites for hydroxylation is 1. The van der Waals surface area contributed by atoms with E-state index in [0.29, 0.717) is 29.2 Å². The molecular weight excluding hydrogens is 463 g/mol. The molecule has 2 aromatic carbocycles. The van der Waals surface area contributed by atoms with E-state index in [1.807, 2.05) is 13.8 Å². The monoisotopic (exact) mass is 493 g/mol. The molecule has 0 aliphatic rings. The number of aliphatic hydroxyl groups excluding tert-OH is 2. The van der Waals surface area contributed by atoms with Gasteiger partial charge in [-0.15, -0.1) is 11.3 Å². The zero-order chi connectivity index (χ0) is 25.1. The summed E-state index contributed by atoms with van der Waals surface area (Å²) in [7, 11) is 0. The number of ether oxygens (including phenoxy) is 1. The van der Waals surface area contributed by atoms with Crippen LogP contribution in [0.1, 0.15) is 67.8 Å². The van der Waals surface area contributed by atoms with Crippen molar-refractivity contribution >= 4 is 11.3 Å². The summed E-state index contributed by atoms with van der Waals surface area (Å²) >= 11 is 1.46. The fourth-order valence-electron chi connectivity index (χ4n) is 3.46. The van der Waals surface area contributed by atoms with Crippen molar-refractivity contribution in [1.82, 2.24) is 4.98 Å². The van der Waals surface area contributed by atoms with E-state index in [0.717, 1.165) is 28.3 Å². The molecule has 0 spiro atoms. The number of rotatable bonds is 9. The molecule has 0 aliphatic carbocycles. The van der Waals surface area contributed by atoms with Crippen LogP contribution in [0.3, 0.4) is 0 Å². The molecule has 4 nitrogen and oxygen atoms in total. The number of aromatic nitrogens is 1. The van der Waals surface area contributed by atoms with Crippen molar-refractivity contribution in [2.75, 3.05) is 6.61 Å². The van der Waals surface area contributed by atoms with Crippen molar-refractivity contribution in [2.24, 2.45) is 0 Å². The van der Waals surface area contributed by atoms with Gasteiger partial charge in [0.25, 0.3) is 0 Å². The summed E-state index contributed by atoms with van der Waals surface area (Å²) in [6.45, 7) is 7.52. The molecule has 0 bridgehead atoms. The predicted octanol–water partition coefficient (Wildman–Crippen LogP) is 6.77. The third-order valence-electron chi connectivity index (χ3n) is 5.42. The van der Waals surface area contributed by atoms with Crippen molar-refractivity contribution in [3.05, 3.63) is 70.2 Å². The number of nitrogens with zero attached hydrogens (tertiary/aromatic N) is 1. The number of halogens is 3. The quantitative estimate of drug-likeness (QED) is 0.345. The summed E-state index contributed by atoms with van der Waals surface area (Å²) in [6, 6.07) is 12.2. The lowest BCUT2D eigenvalue weighted by Gasteiger charge is -2.24. The Bertz CT molecular complexity index is 1070. The van der Waals surface area contributed by atoms with Gasteiger partial charge >= 0.3 is 6.18 Å². The first kappa shape index (κ1) is 26.2. The van der Waals surface area contributed by atoms with Crippen LogP contribution in [0.5, 0.6) is 5.75 Å². The van der Waals surface area contributed by atoms with E-state index in [-0.39, 0.29) is 12.5 Å². The Kier molecular flexibility index (Phi) is 8.06. The lowest BCUT2D eigenvalue weighted by molar-refractivity contribution is -0.137. The van der Waals surface area contributed by atoms with Crippen LogP contribution in [0.2, 0.25) is 0 Å². The zero-order valence-electron chi connectivity index (χ0n) is 19.7. The van der Waals surface area contributed by atoms with E-state index in [1.54, 1.807) is 38.1 Å². The van der Waals surface area contributed by atoms with E-state index >= 15 is 0 Å². The van der Waals surface area contributed by atoms with Crippen LogP contribution in [0, 0.1) is 0 Å². The van der Waals surface area contributed by atoms with E-state index in [4.69, 9.17) is 9.72 Å².